The lowest BCUT2D eigenvalue weighted by Gasteiger charge is -2.41. The molecule has 1 amide bonds. The lowest BCUT2D eigenvalue weighted by molar-refractivity contribution is -0.229. The molecule has 3 rings (SSSR count). The van der Waals surface area contributed by atoms with Crippen LogP contribution in [0.5, 0.6) is 0 Å². The van der Waals surface area contributed by atoms with Crippen molar-refractivity contribution >= 4 is 16.1 Å². The van der Waals surface area contributed by atoms with E-state index in [0.29, 0.717) is 12.1 Å². The van der Waals surface area contributed by atoms with Gasteiger partial charge >= 0.3 is 22.3 Å². The summed E-state index contributed by atoms with van der Waals surface area (Å²) in [6, 6.07) is 1.56. The van der Waals surface area contributed by atoms with Crippen LogP contribution in [0.4, 0.5) is 45.8 Å². The fraction of sp³-hybridized carbons (Fsp3) is 0.316. The second-order valence-corrected chi connectivity index (χ2v) is 10.3. The quantitative estimate of drug-likeness (QED) is 0.441. The second-order valence-electron chi connectivity index (χ2n) is 7.85. The van der Waals surface area contributed by atoms with Crippen LogP contribution in [0.3, 0.4) is 0 Å². The average molecular weight is 544 g/mol. The van der Waals surface area contributed by atoms with Crippen molar-refractivity contribution in [2.24, 2.45) is 0 Å². The van der Waals surface area contributed by atoms with Gasteiger partial charge in [0.05, 0.1) is 18.8 Å². The minimum Gasteiger partial charge on any atom is -0.287 e. The average Bonchev–Trinajstić information content (AvgIpc) is 2.83. The molecule has 1 N–H and O–H groups in total. The Kier molecular flexibility index (Phi) is 5.94. The van der Waals surface area contributed by atoms with Crippen LogP contribution >= 0.6 is 10.2 Å². The molecule has 2 aromatic carbocycles. The molecule has 2 aromatic rings. The van der Waals surface area contributed by atoms with Gasteiger partial charge < -0.3 is 0 Å². The number of carbonyl (C=O) groups is 1. The molecule has 1 fully saturated rings. The number of rotatable bonds is 3. The largest absolute Gasteiger partial charge is 0.473 e. The van der Waals surface area contributed by atoms with E-state index in [1.807, 2.05) is 0 Å². The van der Waals surface area contributed by atoms with E-state index in [2.05, 4.69) is 5.32 Å². The van der Waals surface area contributed by atoms with Crippen LogP contribution in [0, 0.1) is 17.5 Å². The van der Waals surface area contributed by atoms with E-state index in [1.165, 1.54) is 0 Å². The predicted octanol–water partition coefficient (Wildman–Crippen LogP) is 6.64. The SMILES string of the molecule is C[C@]1(c2c(F)cc(F)cc2F)NCN(C(=O)C(F)(F)F)OC[C@H]1c1ccc(S(F)(F)(F)(F)F)cc1. The molecule has 0 unspecified atom stereocenters. The molecule has 35 heavy (non-hydrogen) atoms. The minimum atomic E-state index is -10.1. The van der Waals surface area contributed by atoms with Gasteiger partial charge in [0, 0.05) is 23.6 Å². The van der Waals surface area contributed by atoms with Gasteiger partial charge in [0.2, 0.25) is 0 Å². The van der Waals surface area contributed by atoms with Crippen molar-refractivity contribution in [3.8, 4) is 0 Å². The van der Waals surface area contributed by atoms with Gasteiger partial charge in [-0.05, 0) is 24.6 Å². The van der Waals surface area contributed by atoms with Crippen molar-refractivity contribution in [3.05, 3.63) is 65.0 Å². The Balaban J connectivity index is 2.15. The second kappa shape index (κ2) is 7.70. The topological polar surface area (TPSA) is 41.6 Å². The van der Waals surface area contributed by atoms with Crippen LogP contribution in [-0.2, 0) is 15.2 Å². The van der Waals surface area contributed by atoms with E-state index in [9.17, 15) is 50.6 Å². The first-order valence-electron chi connectivity index (χ1n) is 9.39. The van der Waals surface area contributed by atoms with Crippen molar-refractivity contribution in [1.82, 2.24) is 10.4 Å². The van der Waals surface area contributed by atoms with E-state index in [0.717, 1.165) is 6.92 Å². The Labute approximate surface area is 190 Å². The molecule has 1 aliphatic rings. The third-order valence-electron chi connectivity index (χ3n) is 5.41. The number of hydrogen-bond donors (Lipinski definition) is 1. The summed E-state index contributed by atoms with van der Waals surface area (Å²) in [6.07, 6.45) is -5.42. The molecular weight excluding hydrogens is 529 g/mol. The summed E-state index contributed by atoms with van der Waals surface area (Å²) in [6.45, 7) is -1.07. The first-order valence-corrected chi connectivity index (χ1v) is 11.3. The molecule has 1 aliphatic heterocycles. The highest BCUT2D eigenvalue weighted by Gasteiger charge is 2.65. The monoisotopic (exact) mass is 544 g/mol. The summed E-state index contributed by atoms with van der Waals surface area (Å²) in [4.78, 5) is 14.2. The molecule has 0 aromatic heterocycles. The molecule has 16 heteroatoms. The zero-order chi connectivity index (χ0) is 26.7. The predicted molar refractivity (Wildman–Crippen MR) is 101 cm³/mol. The van der Waals surface area contributed by atoms with Gasteiger partial charge in [-0.25, -0.2) is 13.2 Å². The number of benzene rings is 2. The standard InChI is InChI=1S/C19H15F11N2O2S/c1-18(16-14(21)6-11(20)7-15(16)22)13(8-34-32(9-31-18)17(33)19(23,24)25)10-2-4-12(5-3-10)35(26,27,28,29)30/h2-7,13,31H,8-9H2,1H3/t13-,18-/m0/s1. The normalized spacial score (nSPS) is 23.9. The highest BCUT2D eigenvalue weighted by Crippen LogP contribution is 3.02. The van der Waals surface area contributed by atoms with E-state index < -0.39 is 75.0 Å². The molecule has 0 aliphatic carbocycles. The number of nitrogens with one attached hydrogen (secondary N) is 1. The molecule has 1 heterocycles. The smallest absolute Gasteiger partial charge is 0.287 e. The van der Waals surface area contributed by atoms with E-state index in [1.54, 1.807) is 0 Å². The van der Waals surface area contributed by atoms with Crippen LogP contribution in [0.25, 0.3) is 0 Å². The van der Waals surface area contributed by atoms with Crippen molar-refractivity contribution in [3.63, 3.8) is 0 Å². The maximum atomic E-state index is 14.7. The molecule has 0 spiro atoms. The van der Waals surface area contributed by atoms with E-state index in [-0.39, 0.29) is 34.9 Å². The summed E-state index contributed by atoms with van der Waals surface area (Å²) < 4.78 is 147. The Hall–Kier alpha value is -2.59. The zero-order valence-corrected chi connectivity index (χ0v) is 18.1. The first-order chi connectivity index (χ1) is 15.6. The Morgan fingerprint density at radius 2 is 1.54 bits per heavy atom. The van der Waals surface area contributed by atoms with Gasteiger partial charge in [-0.15, -0.1) is 0 Å². The van der Waals surface area contributed by atoms with Gasteiger partial charge in [0.25, 0.3) is 0 Å². The van der Waals surface area contributed by atoms with E-state index in [4.69, 9.17) is 4.84 Å². The number of carbonyl (C=O) groups excluding carboxylic acids is 1. The van der Waals surface area contributed by atoms with Crippen molar-refractivity contribution < 1.29 is 55.4 Å². The van der Waals surface area contributed by atoms with Crippen LogP contribution in [0.2, 0.25) is 0 Å². The number of amides is 1. The summed E-state index contributed by atoms with van der Waals surface area (Å²) in [5.74, 6) is -8.44. The van der Waals surface area contributed by atoms with Crippen LogP contribution in [0.15, 0.2) is 41.3 Å². The van der Waals surface area contributed by atoms with Crippen molar-refractivity contribution in [2.45, 2.75) is 29.5 Å². The molecule has 2 atom stereocenters. The summed E-state index contributed by atoms with van der Waals surface area (Å²) >= 11 is 0. The highest BCUT2D eigenvalue weighted by atomic mass is 32.5. The first kappa shape index (κ1) is 27.0. The molecule has 0 radical (unpaired) electrons. The molecule has 0 bridgehead atoms. The molecule has 196 valence electrons. The van der Waals surface area contributed by atoms with Crippen molar-refractivity contribution in [1.29, 1.82) is 0 Å². The fourth-order valence-corrected chi connectivity index (χ4v) is 4.35. The zero-order valence-electron chi connectivity index (χ0n) is 17.3. The van der Waals surface area contributed by atoms with E-state index >= 15 is 0 Å². The van der Waals surface area contributed by atoms with Crippen LogP contribution < -0.4 is 5.32 Å². The highest BCUT2D eigenvalue weighted by molar-refractivity contribution is 8.45. The number of nitrogens with zero attached hydrogens (tertiary/aromatic N) is 1. The minimum absolute atomic E-state index is 0.00177. The van der Waals surface area contributed by atoms with Gasteiger partial charge in [-0.3, -0.25) is 14.9 Å². The Morgan fingerprint density at radius 3 is 2.00 bits per heavy atom. The van der Waals surface area contributed by atoms with Gasteiger partial charge in [0.15, 0.2) is 0 Å². The Morgan fingerprint density at radius 1 is 1.03 bits per heavy atom. The van der Waals surface area contributed by atoms with Gasteiger partial charge in [0.1, 0.15) is 22.3 Å². The Bertz CT molecular complexity index is 1130. The number of hydrogen-bond acceptors (Lipinski definition) is 3. The summed E-state index contributed by atoms with van der Waals surface area (Å²) in [7, 11) is -10.1. The van der Waals surface area contributed by atoms with Crippen molar-refractivity contribution in [2.75, 3.05) is 13.3 Å². The fourth-order valence-electron chi connectivity index (χ4n) is 3.70. The third kappa shape index (κ3) is 5.48. The number of alkyl halides is 3. The lowest BCUT2D eigenvalue weighted by atomic mass is 9.75. The number of hydroxylamine groups is 2. The number of halogens is 11. The molecular formula is C19H15F11N2O2S. The van der Waals surface area contributed by atoms with Gasteiger partial charge in [-0.1, -0.05) is 31.6 Å². The lowest BCUT2D eigenvalue weighted by Crippen LogP contribution is -2.50. The maximum Gasteiger partial charge on any atom is 0.473 e. The third-order valence-corrected chi connectivity index (χ3v) is 6.57. The van der Waals surface area contributed by atoms with Crippen LogP contribution in [-0.4, -0.2) is 30.4 Å². The van der Waals surface area contributed by atoms with Gasteiger partial charge in [-0.2, -0.15) is 18.2 Å². The van der Waals surface area contributed by atoms with Crippen LogP contribution in [0.1, 0.15) is 24.0 Å². The molecule has 1 saturated heterocycles. The molecule has 0 saturated carbocycles. The maximum absolute atomic E-state index is 14.7. The summed E-state index contributed by atoms with van der Waals surface area (Å²) in [5, 5.41) is 2.08. The molecule has 4 nitrogen and oxygen atoms in total. The summed E-state index contributed by atoms with van der Waals surface area (Å²) in [5.41, 5.74) is -3.43.